The Morgan fingerprint density at radius 2 is 1.71 bits per heavy atom. The Balaban J connectivity index is 2.23. The summed E-state index contributed by atoms with van der Waals surface area (Å²) in [5, 5.41) is 5.80. The van der Waals surface area contributed by atoms with Gasteiger partial charge in [-0.3, -0.25) is 9.59 Å². The van der Waals surface area contributed by atoms with E-state index in [1.165, 1.54) is 13.8 Å². The zero-order valence-electron chi connectivity index (χ0n) is 10.8. The first-order chi connectivity index (χ1) is 7.78. The summed E-state index contributed by atoms with van der Waals surface area (Å²) in [5.74, 6) is -0.157. The summed E-state index contributed by atoms with van der Waals surface area (Å²) >= 11 is 0. The van der Waals surface area contributed by atoms with Gasteiger partial charge in [0.05, 0.1) is 11.6 Å². The van der Waals surface area contributed by atoms with Crippen molar-refractivity contribution in [3.63, 3.8) is 0 Å². The fraction of sp³-hybridized carbons (Fsp3) is 0.833. The van der Waals surface area contributed by atoms with Crippen molar-refractivity contribution in [2.45, 2.75) is 58.4 Å². The molecule has 17 heavy (non-hydrogen) atoms. The predicted molar refractivity (Wildman–Crippen MR) is 62.0 cm³/mol. The quantitative estimate of drug-likeness (QED) is 0.740. The van der Waals surface area contributed by atoms with Crippen LogP contribution in [0.15, 0.2) is 0 Å². The van der Waals surface area contributed by atoms with Gasteiger partial charge >= 0.3 is 0 Å². The Morgan fingerprint density at radius 1 is 1.12 bits per heavy atom. The van der Waals surface area contributed by atoms with Crippen LogP contribution in [-0.4, -0.2) is 29.7 Å². The Morgan fingerprint density at radius 3 is 2.24 bits per heavy atom. The van der Waals surface area contributed by atoms with Crippen LogP contribution in [0.4, 0.5) is 0 Å². The molecule has 2 fully saturated rings. The monoisotopic (exact) mass is 240 g/mol. The molecule has 0 aromatic rings. The smallest absolute Gasteiger partial charge is 0.218 e. The van der Waals surface area contributed by atoms with Gasteiger partial charge in [0.2, 0.25) is 11.8 Å². The Bertz CT molecular complexity index is 371. The number of nitrogens with one attached hydrogen (secondary N) is 2. The molecule has 0 spiro atoms. The molecule has 4 unspecified atom stereocenters. The lowest BCUT2D eigenvalue weighted by Crippen LogP contribution is -2.51. The van der Waals surface area contributed by atoms with E-state index in [0.29, 0.717) is 0 Å². The van der Waals surface area contributed by atoms with Crippen molar-refractivity contribution in [2.75, 3.05) is 0 Å². The summed E-state index contributed by atoms with van der Waals surface area (Å²) in [5.41, 5.74) is -0.584. The van der Waals surface area contributed by atoms with Gasteiger partial charge in [0.15, 0.2) is 0 Å². The molecular weight excluding hydrogens is 220 g/mol. The molecule has 2 aliphatic rings. The largest absolute Gasteiger partial charge is 0.350 e. The highest BCUT2D eigenvalue weighted by molar-refractivity contribution is 5.74. The van der Waals surface area contributed by atoms with Gasteiger partial charge in [0, 0.05) is 19.3 Å². The number of hydrogen-bond acceptors (Lipinski definition) is 3. The zero-order chi connectivity index (χ0) is 12.8. The molecule has 5 nitrogen and oxygen atoms in total. The second kappa shape index (κ2) is 3.70. The maximum atomic E-state index is 11.3. The van der Waals surface area contributed by atoms with Crippen LogP contribution in [0, 0.1) is 5.41 Å². The van der Waals surface area contributed by atoms with Crippen molar-refractivity contribution in [3.05, 3.63) is 0 Å². The van der Waals surface area contributed by atoms with Gasteiger partial charge in [-0.15, -0.1) is 0 Å². The van der Waals surface area contributed by atoms with Crippen molar-refractivity contribution in [2.24, 2.45) is 5.41 Å². The molecule has 1 saturated heterocycles. The third-order valence-corrected chi connectivity index (χ3v) is 4.10. The van der Waals surface area contributed by atoms with E-state index in [4.69, 9.17) is 4.74 Å². The SMILES string of the molecule is CC(=O)NC1OC2(C)CCC1(C)C2NC(C)=O. The Hall–Kier alpha value is -1.10. The first-order valence-corrected chi connectivity index (χ1v) is 6.00. The molecule has 4 atom stereocenters. The first kappa shape index (κ1) is 12.4. The molecule has 1 aliphatic heterocycles. The number of carbonyl (C=O) groups is 2. The van der Waals surface area contributed by atoms with E-state index in [-0.39, 0.29) is 35.1 Å². The van der Waals surface area contributed by atoms with E-state index in [9.17, 15) is 9.59 Å². The molecule has 0 aromatic carbocycles. The average Bonchev–Trinajstić information content (AvgIpc) is 2.51. The zero-order valence-corrected chi connectivity index (χ0v) is 10.8. The molecule has 96 valence electrons. The van der Waals surface area contributed by atoms with E-state index < -0.39 is 0 Å². The summed E-state index contributed by atoms with van der Waals surface area (Å²) in [6, 6.07) is -0.0376. The molecule has 2 amide bonds. The summed E-state index contributed by atoms with van der Waals surface area (Å²) in [7, 11) is 0. The standard InChI is InChI=1S/C12H20N2O3/c1-7(15)13-9-11(3)5-6-12(9,4)17-10(11)14-8(2)16/h9-10H,5-6H2,1-4H3,(H,13,15)(H,14,16). The van der Waals surface area contributed by atoms with E-state index in [1.54, 1.807) is 0 Å². The molecule has 2 bridgehead atoms. The number of hydrogen-bond donors (Lipinski definition) is 2. The molecule has 5 heteroatoms. The van der Waals surface area contributed by atoms with Crippen LogP contribution in [0.2, 0.25) is 0 Å². The van der Waals surface area contributed by atoms with Crippen LogP contribution >= 0.6 is 0 Å². The van der Waals surface area contributed by atoms with E-state index >= 15 is 0 Å². The number of fused-ring (bicyclic) bond motifs is 2. The number of ether oxygens (including phenoxy) is 1. The van der Waals surface area contributed by atoms with Gasteiger partial charge in [-0.1, -0.05) is 6.92 Å². The van der Waals surface area contributed by atoms with Gasteiger partial charge in [0.1, 0.15) is 6.23 Å². The summed E-state index contributed by atoms with van der Waals surface area (Å²) in [6.07, 6.45) is 1.54. The second-order valence-corrected chi connectivity index (χ2v) is 5.65. The Kier molecular flexibility index (Phi) is 2.69. The topological polar surface area (TPSA) is 67.4 Å². The van der Waals surface area contributed by atoms with E-state index in [1.807, 2.05) is 6.92 Å². The van der Waals surface area contributed by atoms with Gasteiger partial charge in [0.25, 0.3) is 0 Å². The van der Waals surface area contributed by atoms with Crippen molar-refractivity contribution < 1.29 is 14.3 Å². The molecule has 1 aliphatic carbocycles. The minimum absolute atomic E-state index is 0.0376. The number of rotatable bonds is 2. The van der Waals surface area contributed by atoms with Crippen LogP contribution < -0.4 is 10.6 Å². The van der Waals surface area contributed by atoms with Crippen LogP contribution in [0.3, 0.4) is 0 Å². The Labute approximate surface area is 101 Å². The molecule has 2 rings (SSSR count). The van der Waals surface area contributed by atoms with Crippen molar-refractivity contribution in [1.29, 1.82) is 0 Å². The van der Waals surface area contributed by atoms with Gasteiger partial charge in [-0.05, 0) is 19.8 Å². The second-order valence-electron chi connectivity index (χ2n) is 5.65. The normalized spacial score (nSPS) is 43.5. The third-order valence-electron chi connectivity index (χ3n) is 4.10. The summed E-state index contributed by atoms with van der Waals surface area (Å²) in [6.45, 7) is 7.06. The lowest BCUT2D eigenvalue weighted by Gasteiger charge is -2.33. The highest BCUT2D eigenvalue weighted by Crippen LogP contribution is 2.55. The van der Waals surface area contributed by atoms with Crippen molar-refractivity contribution in [3.8, 4) is 0 Å². The van der Waals surface area contributed by atoms with Gasteiger partial charge in [-0.25, -0.2) is 0 Å². The van der Waals surface area contributed by atoms with E-state index in [0.717, 1.165) is 12.8 Å². The lowest BCUT2D eigenvalue weighted by atomic mass is 9.82. The fourth-order valence-electron chi connectivity index (χ4n) is 3.22. The van der Waals surface area contributed by atoms with Crippen molar-refractivity contribution >= 4 is 11.8 Å². The van der Waals surface area contributed by atoms with Gasteiger partial charge in [-0.2, -0.15) is 0 Å². The van der Waals surface area contributed by atoms with Crippen molar-refractivity contribution in [1.82, 2.24) is 10.6 Å². The number of carbonyl (C=O) groups excluding carboxylic acids is 2. The van der Waals surface area contributed by atoms with Gasteiger partial charge < -0.3 is 15.4 Å². The maximum absolute atomic E-state index is 11.3. The third kappa shape index (κ3) is 1.82. The van der Waals surface area contributed by atoms with Crippen LogP contribution in [-0.2, 0) is 14.3 Å². The molecule has 1 saturated carbocycles. The maximum Gasteiger partial charge on any atom is 0.218 e. The molecular formula is C12H20N2O3. The van der Waals surface area contributed by atoms with E-state index in [2.05, 4.69) is 17.6 Å². The molecule has 1 heterocycles. The fourth-order valence-corrected chi connectivity index (χ4v) is 3.22. The molecule has 0 aromatic heterocycles. The highest BCUT2D eigenvalue weighted by atomic mass is 16.5. The molecule has 2 N–H and O–H groups in total. The average molecular weight is 240 g/mol. The first-order valence-electron chi connectivity index (χ1n) is 6.00. The van der Waals surface area contributed by atoms with Crippen LogP contribution in [0.1, 0.15) is 40.5 Å². The lowest BCUT2D eigenvalue weighted by molar-refractivity contribution is -0.133. The van der Waals surface area contributed by atoms with Crippen LogP contribution in [0.5, 0.6) is 0 Å². The summed E-state index contributed by atoms with van der Waals surface area (Å²) in [4.78, 5) is 22.5. The minimum Gasteiger partial charge on any atom is -0.350 e. The minimum atomic E-state index is -0.368. The summed E-state index contributed by atoms with van der Waals surface area (Å²) < 4.78 is 5.93. The highest BCUT2D eigenvalue weighted by Gasteiger charge is 2.64. The molecule has 0 radical (unpaired) electrons. The predicted octanol–water partition coefficient (Wildman–Crippen LogP) is 0.542. The number of amides is 2. The van der Waals surface area contributed by atoms with Crippen LogP contribution in [0.25, 0.3) is 0 Å².